The fourth-order valence-corrected chi connectivity index (χ4v) is 0.626. The predicted octanol–water partition coefficient (Wildman–Crippen LogP) is 0.777. The first kappa shape index (κ1) is 5.70. The molecule has 0 radical (unpaired) electrons. The van der Waals surface area contributed by atoms with Gasteiger partial charge in [-0.3, -0.25) is 0 Å². The van der Waals surface area contributed by atoms with E-state index in [1.807, 2.05) is 13.0 Å². The van der Waals surface area contributed by atoms with Crippen LogP contribution in [-0.2, 0) is 0 Å². The molecule has 0 aliphatic heterocycles. The van der Waals surface area contributed by atoms with Crippen molar-refractivity contribution in [2.24, 2.45) is 0 Å². The van der Waals surface area contributed by atoms with E-state index in [9.17, 15) is 0 Å². The second kappa shape index (κ2) is 1.82. The van der Waals surface area contributed by atoms with E-state index < -0.39 is 0 Å². The number of aryl methyl sites for hydroxylation is 1. The third-order valence-corrected chi connectivity index (χ3v) is 1.24. The number of aromatic nitrogens is 1. The van der Waals surface area contributed by atoms with Crippen LogP contribution in [0.25, 0.3) is 0 Å². The summed E-state index contributed by atoms with van der Waals surface area (Å²) in [5.41, 5.74) is 7.39. The monoisotopic (exact) mass is 121 g/mol. The highest BCUT2D eigenvalue weighted by molar-refractivity contribution is 5.55. The Hall–Kier alpha value is -1.43. The van der Waals surface area contributed by atoms with Crippen molar-refractivity contribution < 1.29 is 0 Å². The first-order valence-electron chi connectivity index (χ1n) is 2.59. The van der Waals surface area contributed by atoms with Gasteiger partial charge in [0.2, 0.25) is 0 Å². The molecule has 3 heteroatoms. The Morgan fingerprint density at radius 2 is 2.44 bits per heavy atom. The van der Waals surface area contributed by atoms with Crippen molar-refractivity contribution in [1.29, 1.82) is 5.26 Å². The maximum atomic E-state index is 8.37. The van der Waals surface area contributed by atoms with Crippen molar-refractivity contribution in [3.8, 4) is 6.07 Å². The molecular weight excluding hydrogens is 114 g/mol. The zero-order valence-electron chi connectivity index (χ0n) is 5.10. The van der Waals surface area contributed by atoms with Crippen LogP contribution in [0.2, 0.25) is 0 Å². The van der Waals surface area contributed by atoms with Crippen molar-refractivity contribution in [3.05, 3.63) is 17.5 Å². The van der Waals surface area contributed by atoms with Crippen LogP contribution < -0.4 is 5.73 Å². The zero-order valence-corrected chi connectivity index (χ0v) is 5.10. The van der Waals surface area contributed by atoms with Gasteiger partial charge in [-0.25, -0.2) is 0 Å². The van der Waals surface area contributed by atoms with Crippen molar-refractivity contribution in [2.75, 3.05) is 5.73 Å². The number of nitrogens with one attached hydrogen (secondary N) is 1. The van der Waals surface area contributed by atoms with E-state index in [0.29, 0.717) is 11.4 Å². The molecule has 9 heavy (non-hydrogen) atoms. The van der Waals surface area contributed by atoms with E-state index in [-0.39, 0.29) is 0 Å². The topological polar surface area (TPSA) is 65.6 Å². The van der Waals surface area contributed by atoms with Crippen LogP contribution in [0.5, 0.6) is 0 Å². The van der Waals surface area contributed by atoms with Gasteiger partial charge in [0.05, 0.1) is 5.69 Å². The number of nitrogens with two attached hydrogens (primary N) is 1. The molecule has 1 heterocycles. The molecule has 0 aliphatic rings. The lowest BCUT2D eigenvalue weighted by Crippen LogP contribution is -1.87. The lowest BCUT2D eigenvalue weighted by Gasteiger charge is -1.85. The summed E-state index contributed by atoms with van der Waals surface area (Å²) in [6.45, 7) is 1.85. The van der Waals surface area contributed by atoms with Gasteiger partial charge in [-0.15, -0.1) is 0 Å². The first-order valence-corrected chi connectivity index (χ1v) is 2.59. The van der Waals surface area contributed by atoms with Gasteiger partial charge in [0.25, 0.3) is 0 Å². The quantitative estimate of drug-likeness (QED) is 0.532. The van der Waals surface area contributed by atoms with Crippen LogP contribution >= 0.6 is 0 Å². The summed E-state index contributed by atoms with van der Waals surface area (Å²) >= 11 is 0. The normalized spacial score (nSPS) is 8.89. The highest BCUT2D eigenvalue weighted by atomic mass is 14.8. The smallest absolute Gasteiger partial charge is 0.141 e. The van der Waals surface area contributed by atoms with Crippen molar-refractivity contribution >= 4 is 5.69 Å². The molecule has 0 aromatic carbocycles. The molecule has 1 aromatic rings. The van der Waals surface area contributed by atoms with E-state index in [1.54, 1.807) is 6.20 Å². The Morgan fingerprint density at radius 3 is 2.67 bits per heavy atom. The van der Waals surface area contributed by atoms with Gasteiger partial charge in [-0.1, -0.05) is 0 Å². The minimum Gasteiger partial charge on any atom is -0.396 e. The van der Waals surface area contributed by atoms with Gasteiger partial charge >= 0.3 is 0 Å². The zero-order chi connectivity index (χ0) is 6.85. The van der Waals surface area contributed by atoms with Crippen molar-refractivity contribution in [3.63, 3.8) is 0 Å². The van der Waals surface area contributed by atoms with Crippen LogP contribution in [0.3, 0.4) is 0 Å². The SMILES string of the molecule is Cc1c[nH]c(C#N)c1N. The summed E-state index contributed by atoms with van der Waals surface area (Å²) < 4.78 is 0. The molecule has 0 aliphatic carbocycles. The lowest BCUT2D eigenvalue weighted by molar-refractivity contribution is 1.33. The lowest BCUT2D eigenvalue weighted by atomic mass is 10.3. The van der Waals surface area contributed by atoms with Gasteiger partial charge in [0, 0.05) is 6.20 Å². The highest BCUT2D eigenvalue weighted by Gasteiger charge is 2.00. The summed E-state index contributed by atoms with van der Waals surface area (Å²) in [6, 6.07) is 1.94. The third-order valence-electron chi connectivity index (χ3n) is 1.24. The van der Waals surface area contributed by atoms with Gasteiger partial charge in [0.15, 0.2) is 0 Å². The summed E-state index contributed by atoms with van der Waals surface area (Å²) in [4.78, 5) is 2.74. The molecule has 0 unspecified atom stereocenters. The molecule has 0 saturated carbocycles. The summed E-state index contributed by atoms with van der Waals surface area (Å²) in [5, 5.41) is 8.37. The molecular formula is C6H7N3. The Labute approximate surface area is 53.1 Å². The molecule has 3 N–H and O–H groups in total. The summed E-state index contributed by atoms with van der Waals surface area (Å²) in [6.07, 6.45) is 1.72. The van der Waals surface area contributed by atoms with Gasteiger partial charge in [-0.2, -0.15) is 5.26 Å². The van der Waals surface area contributed by atoms with Gasteiger partial charge < -0.3 is 10.7 Å². The van der Waals surface area contributed by atoms with Crippen molar-refractivity contribution in [2.45, 2.75) is 6.92 Å². The number of nitriles is 1. The standard InChI is InChI=1S/C6H7N3/c1-4-3-9-5(2-7)6(4)8/h3,9H,8H2,1H3. The number of nitrogens with zero attached hydrogens (tertiary/aromatic N) is 1. The third kappa shape index (κ3) is 0.745. The molecule has 1 aromatic heterocycles. The van der Waals surface area contributed by atoms with Crippen LogP contribution in [0.1, 0.15) is 11.3 Å². The van der Waals surface area contributed by atoms with Crippen LogP contribution in [0.4, 0.5) is 5.69 Å². The number of anilines is 1. The fourth-order valence-electron chi connectivity index (χ4n) is 0.626. The van der Waals surface area contributed by atoms with E-state index in [4.69, 9.17) is 11.0 Å². The van der Waals surface area contributed by atoms with Crippen LogP contribution in [-0.4, -0.2) is 4.98 Å². The largest absolute Gasteiger partial charge is 0.396 e. The number of nitrogen functional groups attached to an aromatic ring is 1. The Bertz CT molecular complexity index is 254. The maximum absolute atomic E-state index is 8.37. The summed E-state index contributed by atoms with van der Waals surface area (Å²) in [7, 11) is 0. The maximum Gasteiger partial charge on any atom is 0.141 e. The number of rotatable bonds is 0. The molecule has 0 fully saturated rings. The highest BCUT2D eigenvalue weighted by Crippen LogP contribution is 2.12. The molecule has 0 bridgehead atoms. The second-order valence-corrected chi connectivity index (χ2v) is 1.87. The average molecular weight is 121 g/mol. The molecule has 0 atom stereocenters. The van der Waals surface area contributed by atoms with Crippen molar-refractivity contribution in [1.82, 2.24) is 4.98 Å². The van der Waals surface area contributed by atoms with E-state index in [0.717, 1.165) is 5.56 Å². The van der Waals surface area contributed by atoms with Crippen LogP contribution in [0, 0.1) is 18.3 Å². The minimum absolute atomic E-state index is 0.451. The number of H-pyrrole nitrogens is 1. The predicted molar refractivity (Wildman–Crippen MR) is 34.7 cm³/mol. The number of aromatic amines is 1. The molecule has 3 nitrogen and oxygen atoms in total. The molecule has 46 valence electrons. The van der Waals surface area contributed by atoms with Gasteiger partial charge in [0.1, 0.15) is 11.8 Å². The Balaban J connectivity index is 3.24. The molecule has 0 spiro atoms. The number of hydrogen-bond acceptors (Lipinski definition) is 2. The van der Waals surface area contributed by atoms with E-state index in [2.05, 4.69) is 4.98 Å². The fraction of sp³-hybridized carbons (Fsp3) is 0.167. The number of hydrogen-bond donors (Lipinski definition) is 2. The Morgan fingerprint density at radius 1 is 1.78 bits per heavy atom. The second-order valence-electron chi connectivity index (χ2n) is 1.87. The van der Waals surface area contributed by atoms with Gasteiger partial charge in [-0.05, 0) is 12.5 Å². The summed E-state index contributed by atoms with van der Waals surface area (Å²) in [5.74, 6) is 0. The average Bonchev–Trinajstić information content (AvgIpc) is 2.15. The van der Waals surface area contributed by atoms with Crippen LogP contribution in [0.15, 0.2) is 6.20 Å². The molecule has 0 saturated heterocycles. The molecule has 0 amide bonds. The Kier molecular flexibility index (Phi) is 1.16. The first-order chi connectivity index (χ1) is 4.25. The van der Waals surface area contributed by atoms with E-state index in [1.165, 1.54) is 0 Å². The minimum atomic E-state index is 0.451. The molecule has 1 rings (SSSR count). The van der Waals surface area contributed by atoms with E-state index >= 15 is 0 Å².